The molecular formula is C21H24ClNO6. The minimum atomic E-state index is -0.489. The number of benzene rings is 2. The number of carbonyl (C=O) groups excluding carboxylic acids is 2. The Morgan fingerprint density at radius 3 is 2.24 bits per heavy atom. The van der Waals surface area contributed by atoms with Gasteiger partial charge in [-0.3, -0.25) is 9.59 Å². The molecule has 2 rings (SSSR count). The minimum Gasteiger partial charge on any atom is -0.493 e. The van der Waals surface area contributed by atoms with Gasteiger partial charge in [0, 0.05) is 17.1 Å². The molecular weight excluding hydrogens is 398 g/mol. The molecule has 0 aliphatic heterocycles. The standard InChI is InChI=1S/C21H24ClNO6/c1-13-5-7-15(22)11-16(13)23-19(24)12-29-20(25)8-6-14-9-17(26-2)21(28-4)18(10-14)27-3/h5,7,9-11H,6,8,12H2,1-4H3,(H,23,24). The van der Waals surface area contributed by atoms with E-state index in [2.05, 4.69) is 5.32 Å². The maximum atomic E-state index is 12.0. The number of ether oxygens (including phenoxy) is 4. The van der Waals surface area contributed by atoms with Crippen LogP contribution in [0.4, 0.5) is 5.69 Å². The number of rotatable bonds is 9. The third kappa shape index (κ3) is 6.29. The van der Waals surface area contributed by atoms with Gasteiger partial charge in [-0.2, -0.15) is 0 Å². The number of carbonyl (C=O) groups is 2. The molecule has 8 heteroatoms. The summed E-state index contributed by atoms with van der Waals surface area (Å²) in [4.78, 5) is 24.0. The van der Waals surface area contributed by atoms with E-state index < -0.39 is 11.9 Å². The first-order valence-electron chi connectivity index (χ1n) is 8.88. The van der Waals surface area contributed by atoms with Crippen molar-refractivity contribution >= 4 is 29.2 Å². The molecule has 0 heterocycles. The van der Waals surface area contributed by atoms with Gasteiger partial charge in [0.25, 0.3) is 5.91 Å². The molecule has 0 unspecified atom stereocenters. The van der Waals surface area contributed by atoms with Gasteiger partial charge in [-0.05, 0) is 48.7 Å². The van der Waals surface area contributed by atoms with E-state index in [0.29, 0.717) is 34.4 Å². The topological polar surface area (TPSA) is 83.1 Å². The third-order valence-electron chi connectivity index (χ3n) is 4.18. The second-order valence-electron chi connectivity index (χ2n) is 6.20. The second kappa shape index (κ2) is 10.6. The van der Waals surface area contributed by atoms with Crippen molar-refractivity contribution in [2.45, 2.75) is 19.8 Å². The second-order valence-corrected chi connectivity index (χ2v) is 6.64. The first kappa shape index (κ1) is 22.4. The zero-order chi connectivity index (χ0) is 21.4. The van der Waals surface area contributed by atoms with Crippen LogP contribution in [0, 0.1) is 6.92 Å². The summed E-state index contributed by atoms with van der Waals surface area (Å²) in [6, 6.07) is 8.70. The molecule has 0 saturated heterocycles. The Kier molecular flexibility index (Phi) is 8.15. The van der Waals surface area contributed by atoms with Crippen LogP contribution in [0.15, 0.2) is 30.3 Å². The number of halogens is 1. The Labute approximate surface area is 174 Å². The van der Waals surface area contributed by atoms with Crippen LogP contribution in [0.3, 0.4) is 0 Å². The van der Waals surface area contributed by atoms with E-state index in [1.54, 1.807) is 30.3 Å². The molecule has 0 saturated carbocycles. The van der Waals surface area contributed by atoms with Gasteiger partial charge in [-0.15, -0.1) is 0 Å². The molecule has 29 heavy (non-hydrogen) atoms. The summed E-state index contributed by atoms with van der Waals surface area (Å²) >= 11 is 5.93. The maximum Gasteiger partial charge on any atom is 0.306 e. The van der Waals surface area contributed by atoms with Gasteiger partial charge >= 0.3 is 5.97 Å². The molecule has 1 amide bonds. The van der Waals surface area contributed by atoms with Gasteiger partial charge in [0.2, 0.25) is 5.75 Å². The fourth-order valence-electron chi connectivity index (χ4n) is 2.66. The van der Waals surface area contributed by atoms with Crippen LogP contribution in [0.1, 0.15) is 17.5 Å². The Hall–Kier alpha value is -2.93. The van der Waals surface area contributed by atoms with Crippen LogP contribution >= 0.6 is 11.6 Å². The van der Waals surface area contributed by atoms with Crippen molar-refractivity contribution in [2.24, 2.45) is 0 Å². The highest BCUT2D eigenvalue weighted by Crippen LogP contribution is 2.38. The van der Waals surface area contributed by atoms with Gasteiger partial charge in [-0.1, -0.05) is 17.7 Å². The normalized spacial score (nSPS) is 10.2. The fraction of sp³-hybridized carbons (Fsp3) is 0.333. The molecule has 2 aromatic carbocycles. The quantitative estimate of drug-likeness (QED) is 0.620. The lowest BCUT2D eigenvalue weighted by Gasteiger charge is -2.14. The molecule has 7 nitrogen and oxygen atoms in total. The van der Waals surface area contributed by atoms with Gasteiger partial charge in [0.1, 0.15) is 0 Å². The van der Waals surface area contributed by atoms with Crippen molar-refractivity contribution in [2.75, 3.05) is 33.3 Å². The summed E-state index contributed by atoms with van der Waals surface area (Å²) in [5.41, 5.74) is 2.25. The molecule has 0 radical (unpaired) electrons. The summed E-state index contributed by atoms with van der Waals surface area (Å²) in [6.45, 7) is 1.47. The molecule has 0 aromatic heterocycles. The van der Waals surface area contributed by atoms with E-state index in [4.69, 9.17) is 30.5 Å². The Balaban J connectivity index is 1.88. The molecule has 0 atom stereocenters. The minimum absolute atomic E-state index is 0.0993. The van der Waals surface area contributed by atoms with E-state index >= 15 is 0 Å². The fourth-order valence-corrected chi connectivity index (χ4v) is 2.83. The zero-order valence-corrected chi connectivity index (χ0v) is 17.6. The smallest absolute Gasteiger partial charge is 0.306 e. The molecule has 1 N–H and O–H groups in total. The average molecular weight is 422 g/mol. The van der Waals surface area contributed by atoms with Crippen LogP contribution in [0.2, 0.25) is 5.02 Å². The van der Waals surface area contributed by atoms with E-state index in [1.165, 1.54) is 21.3 Å². The Morgan fingerprint density at radius 1 is 1.00 bits per heavy atom. The number of amides is 1. The maximum absolute atomic E-state index is 12.0. The Morgan fingerprint density at radius 2 is 1.66 bits per heavy atom. The van der Waals surface area contributed by atoms with Crippen molar-refractivity contribution in [3.8, 4) is 17.2 Å². The summed E-state index contributed by atoms with van der Waals surface area (Å²) in [5.74, 6) is 0.570. The van der Waals surface area contributed by atoms with E-state index in [-0.39, 0.29) is 13.0 Å². The highest BCUT2D eigenvalue weighted by molar-refractivity contribution is 6.31. The average Bonchev–Trinajstić information content (AvgIpc) is 2.72. The van der Waals surface area contributed by atoms with Gasteiger partial charge in [0.15, 0.2) is 18.1 Å². The van der Waals surface area contributed by atoms with Crippen molar-refractivity contribution in [3.63, 3.8) is 0 Å². The largest absolute Gasteiger partial charge is 0.493 e. The first-order chi connectivity index (χ1) is 13.9. The van der Waals surface area contributed by atoms with Crippen molar-refractivity contribution in [1.29, 1.82) is 0 Å². The van der Waals surface area contributed by atoms with Crippen molar-refractivity contribution in [1.82, 2.24) is 0 Å². The number of nitrogens with one attached hydrogen (secondary N) is 1. The van der Waals surface area contributed by atoms with E-state index in [9.17, 15) is 9.59 Å². The molecule has 0 spiro atoms. The van der Waals surface area contributed by atoms with Crippen LogP contribution < -0.4 is 19.5 Å². The molecule has 0 aliphatic carbocycles. The van der Waals surface area contributed by atoms with Gasteiger partial charge in [-0.25, -0.2) is 0 Å². The van der Waals surface area contributed by atoms with Gasteiger partial charge < -0.3 is 24.3 Å². The lowest BCUT2D eigenvalue weighted by Crippen LogP contribution is -2.21. The lowest BCUT2D eigenvalue weighted by atomic mass is 10.1. The molecule has 156 valence electrons. The first-order valence-corrected chi connectivity index (χ1v) is 9.26. The molecule has 0 bridgehead atoms. The predicted octanol–water partition coefficient (Wildman–Crippen LogP) is 3.79. The number of hydrogen-bond acceptors (Lipinski definition) is 6. The predicted molar refractivity (Wildman–Crippen MR) is 110 cm³/mol. The lowest BCUT2D eigenvalue weighted by molar-refractivity contribution is -0.147. The summed E-state index contributed by atoms with van der Waals surface area (Å²) in [6.07, 6.45) is 0.493. The highest BCUT2D eigenvalue weighted by atomic mass is 35.5. The van der Waals surface area contributed by atoms with Crippen LogP contribution in [-0.2, 0) is 20.7 Å². The highest BCUT2D eigenvalue weighted by Gasteiger charge is 2.15. The zero-order valence-electron chi connectivity index (χ0n) is 16.8. The van der Waals surface area contributed by atoms with Crippen molar-refractivity contribution < 1.29 is 28.5 Å². The number of methoxy groups -OCH3 is 3. The van der Waals surface area contributed by atoms with Crippen LogP contribution in [0.5, 0.6) is 17.2 Å². The molecule has 0 aliphatic rings. The summed E-state index contributed by atoms with van der Waals surface area (Å²) in [7, 11) is 4.57. The molecule has 0 fully saturated rings. The number of anilines is 1. The van der Waals surface area contributed by atoms with Crippen molar-refractivity contribution in [3.05, 3.63) is 46.5 Å². The number of hydrogen-bond donors (Lipinski definition) is 1. The monoisotopic (exact) mass is 421 g/mol. The van der Waals surface area contributed by atoms with E-state index in [0.717, 1.165) is 11.1 Å². The number of esters is 1. The third-order valence-corrected chi connectivity index (χ3v) is 4.42. The SMILES string of the molecule is COc1cc(CCC(=O)OCC(=O)Nc2cc(Cl)ccc2C)cc(OC)c1OC. The summed E-state index contributed by atoms with van der Waals surface area (Å²) < 4.78 is 20.9. The van der Waals surface area contributed by atoms with Gasteiger partial charge in [0.05, 0.1) is 21.3 Å². The molecule has 2 aromatic rings. The van der Waals surface area contributed by atoms with E-state index in [1.807, 2.05) is 6.92 Å². The van der Waals surface area contributed by atoms with Crippen LogP contribution in [-0.4, -0.2) is 39.8 Å². The Bertz CT molecular complexity index is 858. The number of aryl methyl sites for hydroxylation is 2. The summed E-state index contributed by atoms with van der Waals surface area (Å²) in [5, 5.41) is 3.18. The van der Waals surface area contributed by atoms with Crippen LogP contribution in [0.25, 0.3) is 0 Å².